The number of ether oxygens (including phenoxy) is 4. The monoisotopic (exact) mass is 394 g/mol. The smallest absolute Gasteiger partial charge is 0.248 e. The molecule has 1 aliphatic rings. The molecule has 150 valence electrons. The molecule has 0 fully saturated rings. The van der Waals surface area contributed by atoms with E-state index in [1.54, 1.807) is 28.4 Å². The second-order valence-electron chi connectivity index (χ2n) is 6.47. The maximum atomic E-state index is 5.47. The Hall–Kier alpha value is -3.55. The van der Waals surface area contributed by atoms with Gasteiger partial charge in [-0.2, -0.15) is 10.1 Å². The van der Waals surface area contributed by atoms with Crippen molar-refractivity contribution < 1.29 is 18.9 Å². The molecule has 8 heteroatoms. The van der Waals surface area contributed by atoms with E-state index in [4.69, 9.17) is 23.9 Å². The molecule has 2 aromatic carbocycles. The maximum absolute atomic E-state index is 5.47. The van der Waals surface area contributed by atoms with Crippen molar-refractivity contribution in [1.29, 1.82) is 0 Å². The Balaban J connectivity index is 1.75. The van der Waals surface area contributed by atoms with E-state index in [1.807, 2.05) is 41.1 Å². The van der Waals surface area contributed by atoms with Crippen molar-refractivity contribution in [3.05, 3.63) is 53.9 Å². The lowest BCUT2D eigenvalue weighted by atomic mass is 9.95. The summed E-state index contributed by atoms with van der Waals surface area (Å²) in [5.74, 6) is 3.23. The normalized spacial score (nSPS) is 15.3. The van der Waals surface area contributed by atoms with Crippen molar-refractivity contribution in [2.45, 2.75) is 12.5 Å². The van der Waals surface area contributed by atoms with E-state index in [2.05, 4.69) is 10.1 Å². The molecule has 0 spiro atoms. The standard InChI is InChI=1S/C21H22N4O4/c1-26-17-7-5-13(9-19(17)28-3)15-11-16(25-21(24-15)22-12-23-25)14-6-8-18(27-2)20(10-14)29-4/h5-10,12,16H,11H2,1-4H3. The summed E-state index contributed by atoms with van der Waals surface area (Å²) in [4.78, 5) is 9.03. The highest BCUT2D eigenvalue weighted by Gasteiger charge is 2.27. The van der Waals surface area contributed by atoms with Crippen LogP contribution in [0.15, 0.2) is 47.7 Å². The fraction of sp³-hybridized carbons (Fsp3) is 0.286. The molecule has 0 saturated carbocycles. The zero-order valence-electron chi connectivity index (χ0n) is 16.7. The van der Waals surface area contributed by atoms with Crippen LogP contribution in [-0.4, -0.2) is 48.9 Å². The number of benzene rings is 2. The average Bonchev–Trinajstić information content (AvgIpc) is 3.26. The first-order chi connectivity index (χ1) is 14.2. The molecule has 0 amide bonds. The predicted octanol–water partition coefficient (Wildman–Crippen LogP) is 3.43. The van der Waals surface area contributed by atoms with Gasteiger partial charge in [0.1, 0.15) is 6.33 Å². The maximum Gasteiger partial charge on any atom is 0.248 e. The van der Waals surface area contributed by atoms with Crippen LogP contribution in [0.25, 0.3) is 0 Å². The molecule has 1 aliphatic heterocycles. The second kappa shape index (κ2) is 7.83. The lowest BCUT2D eigenvalue weighted by Gasteiger charge is -2.24. The minimum Gasteiger partial charge on any atom is -0.493 e. The van der Waals surface area contributed by atoms with E-state index in [9.17, 15) is 0 Å². The van der Waals surface area contributed by atoms with Crippen molar-refractivity contribution in [1.82, 2.24) is 14.8 Å². The Morgan fingerprint density at radius 2 is 1.48 bits per heavy atom. The van der Waals surface area contributed by atoms with Crippen LogP contribution < -0.4 is 18.9 Å². The summed E-state index contributed by atoms with van der Waals surface area (Å²) in [7, 11) is 6.48. The van der Waals surface area contributed by atoms with Crippen LogP contribution >= 0.6 is 0 Å². The van der Waals surface area contributed by atoms with Gasteiger partial charge >= 0.3 is 0 Å². The lowest BCUT2D eigenvalue weighted by Crippen LogP contribution is -2.21. The van der Waals surface area contributed by atoms with Crippen molar-refractivity contribution in [2.24, 2.45) is 4.99 Å². The highest BCUT2D eigenvalue weighted by Crippen LogP contribution is 2.37. The summed E-state index contributed by atoms with van der Waals surface area (Å²) in [5, 5.41) is 4.38. The van der Waals surface area contributed by atoms with Gasteiger partial charge in [-0.05, 0) is 35.9 Å². The first-order valence-corrected chi connectivity index (χ1v) is 9.10. The molecular formula is C21H22N4O4. The first kappa shape index (κ1) is 18.8. The van der Waals surface area contributed by atoms with Gasteiger partial charge in [0.15, 0.2) is 23.0 Å². The van der Waals surface area contributed by atoms with E-state index >= 15 is 0 Å². The molecule has 0 N–H and O–H groups in total. The lowest BCUT2D eigenvalue weighted by molar-refractivity contribution is 0.353. The van der Waals surface area contributed by atoms with Crippen molar-refractivity contribution in [3.63, 3.8) is 0 Å². The van der Waals surface area contributed by atoms with Gasteiger partial charge in [-0.3, -0.25) is 0 Å². The zero-order valence-corrected chi connectivity index (χ0v) is 16.7. The Labute approximate surface area is 168 Å². The fourth-order valence-corrected chi connectivity index (χ4v) is 3.50. The molecule has 0 saturated heterocycles. The summed E-state index contributed by atoms with van der Waals surface area (Å²) < 4.78 is 23.4. The van der Waals surface area contributed by atoms with E-state index < -0.39 is 0 Å². The fourth-order valence-electron chi connectivity index (χ4n) is 3.50. The van der Waals surface area contributed by atoms with Crippen molar-refractivity contribution in [2.75, 3.05) is 28.4 Å². The second-order valence-corrected chi connectivity index (χ2v) is 6.47. The Bertz CT molecular complexity index is 1060. The van der Waals surface area contributed by atoms with Gasteiger partial charge in [0.05, 0.1) is 40.2 Å². The topological polar surface area (TPSA) is 80.0 Å². The van der Waals surface area contributed by atoms with Gasteiger partial charge in [0.25, 0.3) is 0 Å². The van der Waals surface area contributed by atoms with Gasteiger partial charge in [-0.1, -0.05) is 6.07 Å². The molecule has 1 aromatic heterocycles. The van der Waals surface area contributed by atoms with E-state index in [0.29, 0.717) is 35.4 Å². The molecule has 1 unspecified atom stereocenters. The number of rotatable bonds is 6. The highest BCUT2D eigenvalue weighted by molar-refractivity contribution is 6.03. The summed E-state index contributed by atoms with van der Waals surface area (Å²) in [5.41, 5.74) is 2.87. The number of hydrogen-bond donors (Lipinski definition) is 0. The average molecular weight is 394 g/mol. The minimum absolute atomic E-state index is 0.0760. The molecule has 29 heavy (non-hydrogen) atoms. The summed E-state index contributed by atoms with van der Waals surface area (Å²) in [6, 6.07) is 11.6. The van der Waals surface area contributed by atoms with Gasteiger partial charge in [0, 0.05) is 12.0 Å². The van der Waals surface area contributed by atoms with Crippen LogP contribution in [0.2, 0.25) is 0 Å². The largest absolute Gasteiger partial charge is 0.493 e. The number of aliphatic imine (C=N–C) groups is 1. The van der Waals surface area contributed by atoms with Crippen LogP contribution in [0.1, 0.15) is 23.6 Å². The molecule has 0 aliphatic carbocycles. The Morgan fingerprint density at radius 1 is 0.828 bits per heavy atom. The van der Waals surface area contributed by atoms with Crippen LogP contribution in [0.4, 0.5) is 5.95 Å². The third kappa shape index (κ3) is 3.37. The van der Waals surface area contributed by atoms with E-state index in [1.165, 1.54) is 6.33 Å². The molecular weight excluding hydrogens is 372 g/mol. The highest BCUT2D eigenvalue weighted by atomic mass is 16.5. The molecule has 0 radical (unpaired) electrons. The third-order valence-corrected chi connectivity index (χ3v) is 4.98. The molecule has 0 bridgehead atoms. The van der Waals surface area contributed by atoms with E-state index in [0.717, 1.165) is 16.8 Å². The molecule has 4 rings (SSSR count). The summed E-state index contributed by atoms with van der Waals surface area (Å²) in [6.45, 7) is 0. The summed E-state index contributed by atoms with van der Waals surface area (Å²) in [6.07, 6.45) is 2.16. The number of aromatic nitrogens is 3. The van der Waals surface area contributed by atoms with Gasteiger partial charge in [-0.25, -0.2) is 9.67 Å². The number of methoxy groups -OCH3 is 4. The van der Waals surface area contributed by atoms with Crippen molar-refractivity contribution >= 4 is 11.7 Å². The van der Waals surface area contributed by atoms with E-state index in [-0.39, 0.29) is 6.04 Å². The SMILES string of the molecule is COc1ccc(C2=Nc3ncnn3C(c3ccc(OC)c(OC)c3)C2)cc1OC. The van der Waals surface area contributed by atoms with Gasteiger partial charge in [0.2, 0.25) is 5.95 Å². The molecule has 1 atom stereocenters. The number of hydrogen-bond acceptors (Lipinski definition) is 7. The van der Waals surface area contributed by atoms with Crippen LogP contribution in [0, 0.1) is 0 Å². The summed E-state index contributed by atoms with van der Waals surface area (Å²) >= 11 is 0. The van der Waals surface area contributed by atoms with Crippen LogP contribution in [-0.2, 0) is 0 Å². The van der Waals surface area contributed by atoms with Crippen molar-refractivity contribution in [3.8, 4) is 23.0 Å². The number of nitrogens with zero attached hydrogens (tertiary/aromatic N) is 4. The Morgan fingerprint density at radius 3 is 2.17 bits per heavy atom. The van der Waals surface area contributed by atoms with Gasteiger partial charge in [-0.15, -0.1) is 0 Å². The van der Waals surface area contributed by atoms with Crippen LogP contribution in [0.3, 0.4) is 0 Å². The molecule has 3 aromatic rings. The number of fused-ring (bicyclic) bond motifs is 1. The zero-order chi connectivity index (χ0) is 20.4. The molecule has 8 nitrogen and oxygen atoms in total. The first-order valence-electron chi connectivity index (χ1n) is 9.10. The van der Waals surface area contributed by atoms with Gasteiger partial charge < -0.3 is 18.9 Å². The Kier molecular flexibility index (Phi) is 5.07. The quantitative estimate of drug-likeness (QED) is 0.637. The molecule has 2 heterocycles. The van der Waals surface area contributed by atoms with Crippen LogP contribution in [0.5, 0.6) is 23.0 Å². The third-order valence-electron chi connectivity index (χ3n) is 4.98. The predicted molar refractivity (Wildman–Crippen MR) is 108 cm³/mol. The minimum atomic E-state index is -0.0760.